The van der Waals surface area contributed by atoms with Crippen molar-refractivity contribution in [3.8, 4) is 0 Å². The van der Waals surface area contributed by atoms with E-state index in [1.807, 2.05) is 6.92 Å². The first-order chi connectivity index (χ1) is 23.5. The van der Waals surface area contributed by atoms with Crippen molar-refractivity contribution in [3.05, 3.63) is 71.8 Å². The predicted molar refractivity (Wildman–Crippen MR) is 190 cm³/mol. The molecule has 49 heavy (non-hydrogen) atoms. The van der Waals surface area contributed by atoms with Crippen molar-refractivity contribution >= 4 is 5.97 Å². The van der Waals surface area contributed by atoms with Crippen molar-refractivity contribution in [2.45, 2.75) is 136 Å². The minimum Gasteiger partial charge on any atom is -0.466 e. The van der Waals surface area contributed by atoms with Gasteiger partial charge in [0.2, 0.25) is 0 Å². The van der Waals surface area contributed by atoms with E-state index in [4.69, 9.17) is 18.9 Å². The molecule has 1 heterocycles. The van der Waals surface area contributed by atoms with Crippen LogP contribution in [0.3, 0.4) is 0 Å². The molecule has 6 nitrogen and oxygen atoms in total. The fourth-order valence-corrected chi connectivity index (χ4v) is 12.0. The van der Waals surface area contributed by atoms with Crippen molar-refractivity contribution in [2.24, 2.45) is 46.3 Å². The van der Waals surface area contributed by atoms with Crippen LogP contribution in [0.5, 0.6) is 0 Å². The van der Waals surface area contributed by atoms with Crippen LogP contribution in [0.2, 0.25) is 0 Å². The van der Waals surface area contributed by atoms with E-state index in [0.29, 0.717) is 49.6 Å². The van der Waals surface area contributed by atoms with Gasteiger partial charge in [-0.3, -0.25) is 4.79 Å². The molecule has 2 aromatic carbocycles. The molecule has 1 N–H and O–H groups in total. The zero-order valence-corrected chi connectivity index (χ0v) is 30.5. The zero-order valence-electron chi connectivity index (χ0n) is 30.5. The first-order valence-electron chi connectivity index (χ1n) is 19.3. The van der Waals surface area contributed by atoms with Crippen molar-refractivity contribution < 1.29 is 28.8 Å². The second kappa shape index (κ2) is 14.1. The summed E-state index contributed by atoms with van der Waals surface area (Å²) in [6.45, 7) is 12.4. The van der Waals surface area contributed by atoms with E-state index in [9.17, 15) is 9.90 Å². The highest BCUT2D eigenvalue weighted by molar-refractivity contribution is 5.65. The number of fused-ring (bicyclic) bond motifs is 7. The largest absolute Gasteiger partial charge is 0.466 e. The molecule has 4 saturated carbocycles. The zero-order chi connectivity index (χ0) is 34.4. The highest BCUT2D eigenvalue weighted by atomic mass is 16.5. The maximum absolute atomic E-state index is 12.4. The normalized spacial score (nSPS) is 41.6. The SMILES string of the molecule is CC(=O)OC[C@H](C)CC[C@H]1O[C@H]2C[C@H]3[C@@H]4CC[C@H]5C[C@H](OCc6ccccc6)CC[C@]5(C)[C@H]4[C@@H](OCc4ccccc4)C[C@]3(C)[C@H]2[C@]1(C)O. The van der Waals surface area contributed by atoms with Crippen molar-refractivity contribution in [1.29, 1.82) is 0 Å². The Kier molecular flexibility index (Phi) is 10.1. The van der Waals surface area contributed by atoms with Crippen molar-refractivity contribution in [2.75, 3.05) is 6.61 Å². The molecule has 6 heteroatoms. The number of benzene rings is 2. The Morgan fingerprint density at radius 2 is 1.59 bits per heavy atom. The Morgan fingerprint density at radius 1 is 0.918 bits per heavy atom. The van der Waals surface area contributed by atoms with Crippen molar-refractivity contribution in [1.82, 2.24) is 0 Å². The lowest BCUT2D eigenvalue weighted by molar-refractivity contribution is -0.208. The van der Waals surface area contributed by atoms with Gasteiger partial charge in [-0.05, 0) is 116 Å². The van der Waals surface area contributed by atoms with E-state index in [1.165, 1.54) is 37.3 Å². The molecule has 1 saturated heterocycles. The Morgan fingerprint density at radius 3 is 2.27 bits per heavy atom. The van der Waals surface area contributed by atoms with Gasteiger partial charge in [0.05, 0.1) is 49.8 Å². The lowest BCUT2D eigenvalue weighted by atomic mass is 9.43. The van der Waals surface area contributed by atoms with Gasteiger partial charge in [0.1, 0.15) is 0 Å². The Labute approximate surface area is 294 Å². The van der Waals surface area contributed by atoms with Crippen LogP contribution in [0.25, 0.3) is 0 Å². The number of ether oxygens (including phenoxy) is 4. The molecule has 7 rings (SSSR count). The Hall–Kier alpha value is -2.25. The van der Waals surface area contributed by atoms with E-state index in [-0.39, 0.29) is 46.9 Å². The quantitative estimate of drug-likeness (QED) is 0.241. The summed E-state index contributed by atoms with van der Waals surface area (Å²) in [6, 6.07) is 21.2. The minimum absolute atomic E-state index is 0.0615. The minimum atomic E-state index is -0.915. The lowest BCUT2D eigenvalue weighted by Crippen LogP contribution is -2.61. The highest BCUT2D eigenvalue weighted by Crippen LogP contribution is 2.71. The number of rotatable bonds is 11. The molecule has 0 aromatic heterocycles. The second-order valence-electron chi connectivity index (χ2n) is 17.4. The van der Waals surface area contributed by atoms with Crippen LogP contribution in [-0.2, 0) is 37.0 Å². The van der Waals surface area contributed by atoms with Crippen LogP contribution in [-0.4, -0.2) is 47.7 Å². The van der Waals surface area contributed by atoms with Crippen LogP contribution in [0.1, 0.15) is 104 Å². The molecule has 5 aliphatic rings. The van der Waals surface area contributed by atoms with E-state index >= 15 is 0 Å². The number of carbonyl (C=O) groups is 1. The highest BCUT2D eigenvalue weighted by Gasteiger charge is 2.71. The maximum Gasteiger partial charge on any atom is 0.302 e. The fraction of sp³-hybridized carbons (Fsp3) is 0.698. The van der Waals surface area contributed by atoms with Crippen molar-refractivity contribution in [3.63, 3.8) is 0 Å². The summed E-state index contributed by atoms with van der Waals surface area (Å²) in [6.07, 6.45) is 9.85. The summed E-state index contributed by atoms with van der Waals surface area (Å²) in [5.74, 6) is 2.28. The van der Waals surface area contributed by atoms with Crippen LogP contribution < -0.4 is 0 Å². The fourth-order valence-electron chi connectivity index (χ4n) is 12.0. The van der Waals surface area contributed by atoms with Crippen LogP contribution >= 0.6 is 0 Å². The van der Waals surface area contributed by atoms with E-state index in [0.717, 1.165) is 38.5 Å². The van der Waals surface area contributed by atoms with Crippen LogP contribution in [0, 0.1) is 46.3 Å². The molecule has 0 spiro atoms. The van der Waals surface area contributed by atoms with Crippen LogP contribution in [0.4, 0.5) is 0 Å². The third kappa shape index (κ3) is 6.77. The molecule has 0 amide bonds. The predicted octanol–water partition coefficient (Wildman–Crippen LogP) is 8.53. The Bertz CT molecular complexity index is 1410. The molecule has 5 fully saturated rings. The number of esters is 1. The van der Waals surface area contributed by atoms with Gasteiger partial charge in [-0.1, -0.05) is 81.4 Å². The van der Waals surface area contributed by atoms with Gasteiger partial charge in [0.15, 0.2) is 0 Å². The lowest BCUT2D eigenvalue weighted by Gasteiger charge is -2.63. The molecule has 2 aromatic rings. The number of carbonyl (C=O) groups excluding carboxylic acids is 1. The summed E-state index contributed by atoms with van der Waals surface area (Å²) < 4.78 is 25.8. The maximum atomic E-state index is 12.4. The summed E-state index contributed by atoms with van der Waals surface area (Å²) in [4.78, 5) is 11.4. The third-order valence-electron chi connectivity index (χ3n) is 14.3. The summed E-state index contributed by atoms with van der Waals surface area (Å²) in [5.41, 5.74) is 1.71. The summed E-state index contributed by atoms with van der Waals surface area (Å²) in [5, 5.41) is 12.4. The van der Waals surface area contributed by atoms with Gasteiger partial charge in [0.25, 0.3) is 0 Å². The van der Waals surface area contributed by atoms with Gasteiger partial charge in [-0.25, -0.2) is 0 Å². The first-order valence-corrected chi connectivity index (χ1v) is 19.3. The number of aliphatic hydroxyl groups is 1. The average molecular weight is 673 g/mol. The molecular weight excluding hydrogens is 612 g/mol. The molecule has 13 atom stereocenters. The summed E-state index contributed by atoms with van der Waals surface area (Å²) >= 11 is 0. The van der Waals surface area contributed by atoms with Gasteiger partial charge < -0.3 is 24.1 Å². The molecule has 0 radical (unpaired) electrons. The van der Waals surface area contributed by atoms with Gasteiger partial charge in [-0.2, -0.15) is 0 Å². The first kappa shape index (κ1) is 35.2. The smallest absolute Gasteiger partial charge is 0.302 e. The molecule has 0 bridgehead atoms. The second-order valence-corrected chi connectivity index (χ2v) is 17.4. The molecule has 4 aliphatic carbocycles. The van der Waals surface area contributed by atoms with Gasteiger partial charge in [-0.15, -0.1) is 0 Å². The van der Waals surface area contributed by atoms with Crippen LogP contribution in [0.15, 0.2) is 60.7 Å². The summed E-state index contributed by atoms with van der Waals surface area (Å²) in [7, 11) is 0. The average Bonchev–Trinajstić information content (AvgIpc) is 3.54. The topological polar surface area (TPSA) is 74.2 Å². The number of hydrogen-bond donors (Lipinski definition) is 1. The molecule has 1 aliphatic heterocycles. The molecular formula is C43H60O6. The standard InChI is InChI=1S/C43H60O6/c1-28(25-46-29(2)44)16-19-38-43(5,45)40-36(49-38)23-35-34-18-17-32-22-33(47-26-30-12-8-6-9-13-30)20-21-41(32,3)39(34)37(24-42(35,40)4)48-27-31-14-10-7-11-15-31/h6-15,28,32-40,45H,16-27H2,1-5H3/t28-,32+,33-,34+,35+,36+,37+,38-,39-,40+,41+,42+,43-/m1/s1. The monoisotopic (exact) mass is 672 g/mol. The Balaban J connectivity index is 1.10. The van der Waals surface area contributed by atoms with E-state index in [2.05, 4.69) is 81.4 Å². The number of hydrogen-bond acceptors (Lipinski definition) is 6. The van der Waals surface area contributed by atoms with E-state index in [1.54, 1.807) is 0 Å². The van der Waals surface area contributed by atoms with Gasteiger partial charge >= 0.3 is 5.97 Å². The van der Waals surface area contributed by atoms with Gasteiger partial charge in [0, 0.05) is 12.8 Å². The van der Waals surface area contributed by atoms with E-state index < -0.39 is 5.60 Å². The molecule has 268 valence electrons. The molecule has 0 unspecified atom stereocenters. The third-order valence-corrected chi connectivity index (χ3v) is 14.3.